The van der Waals surface area contributed by atoms with Crippen molar-refractivity contribution in [2.75, 3.05) is 0 Å². The summed E-state index contributed by atoms with van der Waals surface area (Å²) < 4.78 is 31.8. The molecule has 1 atom stereocenters. The van der Waals surface area contributed by atoms with Crippen molar-refractivity contribution >= 4 is 16.1 Å². The fraction of sp³-hybridized carbons (Fsp3) is 0.250. The molecule has 4 nitrogen and oxygen atoms in total. The fourth-order valence-electron chi connectivity index (χ4n) is 1.94. The van der Waals surface area contributed by atoms with Crippen molar-refractivity contribution in [2.24, 2.45) is 0 Å². The Bertz CT molecular complexity index is 686. The summed E-state index contributed by atoms with van der Waals surface area (Å²) in [6.45, 7) is 3.79. The van der Waals surface area contributed by atoms with Crippen LogP contribution in [0.1, 0.15) is 23.8 Å². The molecule has 1 aromatic carbocycles. The lowest BCUT2D eigenvalue weighted by molar-refractivity contribution is 0.480. The summed E-state index contributed by atoms with van der Waals surface area (Å²) in [5.74, 6) is 0.757. The number of benzene rings is 1. The summed E-state index contributed by atoms with van der Waals surface area (Å²) >= 11 is 0. The van der Waals surface area contributed by atoms with Gasteiger partial charge >= 0.3 is 0 Å². The molecule has 5 heteroatoms. The number of nitrogens with one attached hydrogen (secondary N) is 1. The minimum Gasteiger partial charge on any atom is -0.469 e. The number of hydrogen-bond donors (Lipinski definition) is 1. The van der Waals surface area contributed by atoms with E-state index in [1.807, 2.05) is 37.3 Å². The van der Waals surface area contributed by atoms with Crippen LogP contribution in [0.15, 0.2) is 52.5 Å². The summed E-state index contributed by atoms with van der Waals surface area (Å²) in [4.78, 5) is 0. The van der Waals surface area contributed by atoms with Gasteiger partial charge in [0.1, 0.15) is 5.76 Å². The maximum Gasteiger partial charge on any atom is 0.233 e. The average Bonchev–Trinajstić information content (AvgIpc) is 2.90. The van der Waals surface area contributed by atoms with Crippen LogP contribution in [0.4, 0.5) is 0 Å². The zero-order valence-corrected chi connectivity index (χ0v) is 12.9. The van der Waals surface area contributed by atoms with Crippen LogP contribution in [-0.4, -0.2) is 14.5 Å². The molecule has 0 bridgehead atoms. The van der Waals surface area contributed by atoms with Gasteiger partial charge in [-0.1, -0.05) is 29.8 Å². The third-order valence-electron chi connectivity index (χ3n) is 2.97. The van der Waals surface area contributed by atoms with E-state index in [1.54, 1.807) is 25.3 Å². The third-order valence-corrected chi connectivity index (χ3v) is 4.20. The lowest BCUT2D eigenvalue weighted by Gasteiger charge is -2.10. The van der Waals surface area contributed by atoms with Gasteiger partial charge in [0, 0.05) is 17.9 Å². The third kappa shape index (κ3) is 5.21. The predicted octanol–water partition coefficient (Wildman–Crippen LogP) is 3.11. The molecular weight excluding hydrogens is 286 g/mol. The highest BCUT2D eigenvalue weighted by molar-refractivity contribution is 7.92. The second-order valence-electron chi connectivity index (χ2n) is 5.06. The maximum atomic E-state index is 12.0. The molecule has 2 aromatic rings. The molecule has 0 fully saturated rings. The second-order valence-corrected chi connectivity index (χ2v) is 6.66. The smallest absolute Gasteiger partial charge is 0.233 e. The molecule has 0 aliphatic rings. The first-order valence-electron chi connectivity index (χ1n) is 6.74. The highest BCUT2D eigenvalue weighted by atomic mass is 32.2. The van der Waals surface area contributed by atoms with E-state index < -0.39 is 10.0 Å². The highest BCUT2D eigenvalue weighted by Gasteiger charge is 2.12. The largest absolute Gasteiger partial charge is 0.469 e. The Morgan fingerprint density at radius 3 is 2.57 bits per heavy atom. The van der Waals surface area contributed by atoms with E-state index in [9.17, 15) is 8.42 Å². The number of rotatable bonds is 6. The van der Waals surface area contributed by atoms with Crippen LogP contribution in [0.3, 0.4) is 0 Å². The van der Waals surface area contributed by atoms with E-state index in [2.05, 4.69) is 4.72 Å². The van der Waals surface area contributed by atoms with Crippen molar-refractivity contribution in [3.8, 4) is 0 Å². The SMILES string of the molecule is Cc1ccc(/C=C/S(=O)(=O)N[C@H](C)Cc2ccco2)cc1. The minimum absolute atomic E-state index is 0.233. The minimum atomic E-state index is -3.46. The van der Waals surface area contributed by atoms with Gasteiger partial charge in [-0.2, -0.15) is 0 Å². The van der Waals surface area contributed by atoms with Crippen LogP contribution in [0.5, 0.6) is 0 Å². The van der Waals surface area contributed by atoms with Crippen LogP contribution >= 0.6 is 0 Å². The van der Waals surface area contributed by atoms with Gasteiger partial charge in [-0.3, -0.25) is 0 Å². The number of hydrogen-bond acceptors (Lipinski definition) is 3. The highest BCUT2D eigenvalue weighted by Crippen LogP contribution is 2.08. The van der Waals surface area contributed by atoms with Gasteiger partial charge in [0.25, 0.3) is 0 Å². The molecule has 0 unspecified atom stereocenters. The van der Waals surface area contributed by atoms with Gasteiger partial charge in [0.15, 0.2) is 0 Å². The Balaban J connectivity index is 1.96. The lowest BCUT2D eigenvalue weighted by atomic mass is 10.2. The normalized spacial score (nSPS) is 13.6. The molecule has 0 aliphatic carbocycles. The topological polar surface area (TPSA) is 59.3 Å². The first-order chi connectivity index (χ1) is 9.94. The second kappa shape index (κ2) is 6.74. The summed E-state index contributed by atoms with van der Waals surface area (Å²) in [5.41, 5.74) is 1.99. The summed E-state index contributed by atoms with van der Waals surface area (Å²) in [6, 6.07) is 11.0. The number of furan rings is 1. The first kappa shape index (κ1) is 15.5. The van der Waals surface area contributed by atoms with Crippen LogP contribution in [0.25, 0.3) is 6.08 Å². The molecule has 0 amide bonds. The van der Waals surface area contributed by atoms with E-state index in [-0.39, 0.29) is 6.04 Å². The van der Waals surface area contributed by atoms with Gasteiger partial charge in [0.2, 0.25) is 10.0 Å². The molecular formula is C16H19NO3S. The average molecular weight is 305 g/mol. The van der Waals surface area contributed by atoms with Gasteiger partial charge < -0.3 is 4.42 Å². The Morgan fingerprint density at radius 2 is 1.95 bits per heavy atom. The van der Waals surface area contributed by atoms with Gasteiger partial charge in [-0.15, -0.1) is 0 Å². The van der Waals surface area contributed by atoms with Crippen molar-refractivity contribution in [3.63, 3.8) is 0 Å². The van der Waals surface area contributed by atoms with Gasteiger partial charge in [-0.05, 0) is 37.6 Å². The van der Waals surface area contributed by atoms with E-state index in [4.69, 9.17) is 4.42 Å². The molecule has 0 spiro atoms. The van der Waals surface area contributed by atoms with Crippen molar-refractivity contribution in [1.82, 2.24) is 4.72 Å². The molecule has 1 N–H and O–H groups in total. The maximum absolute atomic E-state index is 12.0. The monoisotopic (exact) mass is 305 g/mol. The van der Waals surface area contributed by atoms with E-state index in [0.29, 0.717) is 6.42 Å². The Hall–Kier alpha value is -1.85. The van der Waals surface area contributed by atoms with Crippen molar-refractivity contribution < 1.29 is 12.8 Å². The lowest BCUT2D eigenvalue weighted by Crippen LogP contribution is -2.32. The van der Waals surface area contributed by atoms with Crippen LogP contribution in [0, 0.1) is 6.92 Å². The van der Waals surface area contributed by atoms with Crippen molar-refractivity contribution in [3.05, 3.63) is 65.0 Å². The molecule has 2 rings (SSSR count). The molecule has 0 aliphatic heterocycles. The molecule has 1 aromatic heterocycles. The molecule has 0 saturated carbocycles. The molecule has 1 heterocycles. The first-order valence-corrected chi connectivity index (χ1v) is 8.29. The van der Waals surface area contributed by atoms with E-state index in [1.165, 1.54) is 5.41 Å². The van der Waals surface area contributed by atoms with Crippen LogP contribution in [-0.2, 0) is 16.4 Å². The number of aryl methyl sites for hydroxylation is 1. The van der Waals surface area contributed by atoms with Crippen LogP contribution in [0.2, 0.25) is 0 Å². The zero-order valence-electron chi connectivity index (χ0n) is 12.1. The summed E-state index contributed by atoms with van der Waals surface area (Å²) in [6.07, 6.45) is 3.68. The zero-order chi connectivity index (χ0) is 15.3. The van der Waals surface area contributed by atoms with Gasteiger partial charge in [0.05, 0.1) is 6.26 Å². The van der Waals surface area contributed by atoms with Crippen LogP contribution < -0.4 is 4.72 Å². The number of sulfonamides is 1. The Morgan fingerprint density at radius 1 is 1.24 bits per heavy atom. The fourth-order valence-corrected chi connectivity index (χ4v) is 3.00. The van der Waals surface area contributed by atoms with Gasteiger partial charge in [-0.25, -0.2) is 13.1 Å². The molecule has 112 valence electrons. The predicted molar refractivity (Wildman–Crippen MR) is 84.1 cm³/mol. The Labute approximate surface area is 125 Å². The van der Waals surface area contributed by atoms with E-state index in [0.717, 1.165) is 16.9 Å². The summed E-state index contributed by atoms with van der Waals surface area (Å²) in [5, 5.41) is 1.19. The molecule has 0 saturated heterocycles. The molecule has 21 heavy (non-hydrogen) atoms. The quantitative estimate of drug-likeness (QED) is 0.892. The van der Waals surface area contributed by atoms with Crippen molar-refractivity contribution in [2.45, 2.75) is 26.3 Å². The Kier molecular flexibility index (Phi) is 4.98. The van der Waals surface area contributed by atoms with E-state index >= 15 is 0 Å². The standard InChI is InChI=1S/C16H19NO3S/c1-13-5-7-15(8-6-13)9-11-21(18,19)17-14(2)12-16-4-3-10-20-16/h3-11,14,17H,12H2,1-2H3/b11-9+/t14-/m1/s1. The van der Waals surface area contributed by atoms with Crippen molar-refractivity contribution in [1.29, 1.82) is 0 Å². The molecule has 0 radical (unpaired) electrons. The summed E-state index contributed by atoms with van der Waals surface area (Å²) in [7, 11) is -3.46.